The summed E-state index contributed by atoms with van der Waals surface area (Å²) >= 11 is 0. The molecule has 20 heavy (non-hydrogen) atoms. The number of aryl methyl sites for hydroxylation is 3. The molecule has 0 aliphatic heterocycles. The lowest BCUT2D eigenvalue weighted by molar-refractivity contribution is 0.897. The third kappa shape index (κ3) is 2.29. The first-order valence-electron chi connectivity index (χ1n) is 7.21. The van der Waals surface area contributed by atoms with Crippen LogP contribution in [0.25, 0.3) is 0 Å². The van der Waals surface area contributed by atoms with Crippen LogP contribution in [0.5, 0.6) is 0 Å². The number of fused-ring (bicyclic) bond motifs is 1. The van der Waals surface area contributed by atoms with Gasteiger partial charge in [0.1, 0.15) is 5.82 Å². The lowest BCUT2D eigenvalue weighted by Gasteiger charge is -2.22. The van der Waals surface area contributed by atoms with E-state index >= 15 is 0 Å². The molecule has 0 fully saturated rings. The Hall–Kier alpha value is -1.87. The van der Waals surface area contributed by atoms with E-state index in [2.05, 4.69) is 49.2 Å². The number of rotatable bonds is 3. The molecule has 3 heteroatoms. The van der Waals surface area contributed by atoms with Crippen LogP contribution in [0.15, 0.2) is 30.3 Å². The Labute approximate surface area is 120 Å². The van der Waals surface area contributed by atoms with Crippen LogP contribution in [0.2, 0.25) is 0 Å². The van der Waals surface area contributed by atoms with Crippen molar-refractivity contribution < 1.29 is 0 Å². The second-order valence-electron chi connectivity index (χ2n) is 5.53. The summed E-state index contributed by atoms with van der Waals surface area (Å²) in [6.45, 7) is 2.64. The van der Waals surface area contributed by atoms with Crippen LogP contribution in [0.1, 0.15) is 28.8 Å². The zero-order chi connectivity index (χ0) is 14.1. The SMILES string of the molecule is Cc1cccc(N(C)c2nc3c(cc2CN)CCC3)c1. The molecule has 104 valence electrons. The molecule has 2 aromatic rings. The maximum Gasteiger partial charge on any atom is 0.137 e. The van der Waals surface area contributed by atoms with Gasteiger partial charge in [-0.25, -0.2) is 4.98 Å². The summed E-state index contributed by atoms with van der Waals surface area (Å²) in [5.41, 5.74) is 12.1. The van der Waals surface area contributed by atoms with E-state index in [0.717, 1.165) is 29.9 Å². The van der Waals surface area contributed by atoms with Gasteiger partial charge < -0.3 is 10.6 Å². The molecule has 1 heterocycles. The van der Waals surface area contributed by atoms with Crippen LogP contribution < -0.4 is 10.6 Å². The Kier molecular flexibility index (Phi) is 3.45. The number of nitrogens with two attached hydrogens (primary N) is 1. The van der Waals surface area contributed by atoms with E-state index in [1.807, 2.05) is 0 Å². The number of nitrogens with zero attached hydrogens (tertiary/aromatic N) is 2. The number of hydrogen-bond donors (Lipinski definition) is 1. The van der Waals surface area contributed by atoms with Crippen LogP contribution >= 0.6 is 0 Å². The molecule has 0 amide bonds. The van der Waals surface area contributed by atoms with Gasteiger partial charge in [0.05, 0.1) is 0 Å². The van der Waals surface area contributed by atoms with Crippen molar-refractivity contribution in [3.05, 3.63) is 52.7 Å². The molecule has 0 atom stereocenters. The Morgan fingerprint density at radius 2 is 2.10 bits per heavy atom. The standard InChI is InChI=1S/C17H21N3/c1-12-5-3-7-15(9-12)20(2)17-14(11-18)10-13-6-4-8-16(13)19-17/h3,5,7,9-10H,4,6,8,11,18H2,1-2H3. The van der Waals surface area contributed by atoms with Crippen LogP contribution in [0, 0.1) is 6.92 Å². The average molecular weight is 267 g/mol. The van der Waals surface area contributed by atoms with Crippen molar-refractivity contribution >= 4 is 11.5 Å². The molecule has 1 aromatic carbocycles. The van der Waals surface area contributed by atoms with Gasteiger partial charge >= 0.3 is 0 Å². The first-order chi connectivity index (χ1) is 9.69. The van der Waals surface area contributed by atoms with E-state index in [-0.39, 0.29) is 0 Å². The predicted molar refractivity (Wildman–Crippen MR) is 83.4 cm³/mol. The van der Waals surface area contributed by atoms with E-state index in [9.17, 15) is 0 Å². The summed E-state index contributed by atoms with van der Waals surface area (Å²) in [5, 5.41) is 0. The highest BCUT2D eigenvalue weighted by Gasteiger charge is 2.18. The minimum Gasteiger partial charge on any atom is -0.329 e. The molecule has 3 nitrogen and oxygen atoms in total. The summed E-state index contributed by atoms with van der Waals surface area (Å²) in [5.74, 6) is 0.999. The van der Waals surface area contributed by atoms with Gasteiger partial charge in [-0.3, -0.25) is 0 Å². The Bertz CT molecular complexity index is 634. The van der Waals surface area contributed by atoms with Gasteiger partial charge in [0.2, 0.25) is 0 Å². The van der Waals surface area contributed by atoms with Crippen LogP contribution in [0.3, 0.4) is 0 Å². The fourth-order valence-electron chi connectivity index (χ4n) is 2.91. The topological polar surface area (TPSA) is 42.2 Å². The van der Waals surface area contributed by atoms with E-state index in [1.165, 1.54) is 23.2 Å². The number of benzene rings is 1. The van der Waals surface area contributed by atoms with Crippen molar-refractivity contribution in [3.63, 3.8) is 0 Å². The Morgan fingerprint density at radius 1 is 1.25 bits per heavy atom. The highest BCUT2D eigenvalue weighted by Crippen LogP contribution is 2.30. The quantitative estimate of drug-likeness (QED) is 0.929. The maximum absolute atomic E-state index is 5.92. The second kappa shape index (κ2) is 5.25. The average Bonchev–Trinajstić information content (AvgIpc) is 2.92. The first-order valence-corrected chi connectivity index (χ1v) is 7.21. The lowest BCUT2D eigenvalue weighted by atomic mass is 10.1. The largest absolute Gasteiger partial charge is 0.329 e. The first kappa shape index (κ1) is 13.1. The molecular weight excluding hydrogens is 246 g/mol. The van der Waals surface area contributed by atoms with Crippen molar-refractivity contribution in [2.45, 2.75) is 32.7 Å². The van der Waals surface area contributed by atoms with Crippen molar-refractivity contribution in [3.8, 4) is 0 Å². The molecule has 0 spiro atoms. The molecule has 0 unspecified atom stereocenters. The number of aromatic nitrogens is 1. The number of hydrogen-bond acceptors (Lipinski definition) is 3. The smallest absolute Gasteiger partial charge is 0.137 e. The number of pyridine rings is 1. The molecule has 1 aliphatic rings. The van der Waals surface area contributed by atoms with E-state index in [1.54, 1.807) is 0 Å². The van der Waals surface area contributed by atoms with E-state index in [4.69, 9.17) is 10.7 Å². The third-order valence-electron chi connectivity index (χ3n) is 4.03. The van der Waals surface area contributed by atoms with E-state index in [0.29, 0.717) is 6.54 Å². The fraction of sp³-hybridized carbons (Fsp3) is 0.353. The minimum absolute atomic E-state index is 0.534. The predicted octanol–water partition coefficient (Wildman–Crippen LogP) is 3.11. The highest BCUT2D eigenvalue weighted by molar-refractivity contribution is 5.63. The van der Waals surface area contributed by atoms with Gasteiger partial charge in [-0.1, -0.05) is 12.1 Å². The highest BCUT2D eigenvalue weighted by atomic mass is 15.2. The number of anilines is 2. The van der Waals surface area contributed by atoms with Crippen LogP contribution in [-0.4, -0.2) is 12.0 Å². The molecule has 0 saturated heterocycles. The summed E-state index contributed by atoms with van der Waals surface area (Å²) in [4.78, 5) is 7.02. The second-order valence-corrected chi connectivity index (χ2v) is 5.53. The molecule has 3 rings (SSSR count). The van der Waals surface area contributed by atoms with Gasteiger partial charge in [0.15, 0.2) is 0 Å². The third-order valence-corrected chi connectivity index (χ3v) is 4.03. The molecule has 0 bridgehead atoms. The molecule has 1 aromatic heterocycles. The zero-order valence-electron chi connectivity index (χ0n) is 12.2. The van der Waals surface area contributed by atoms with Crippen LogP contribution in [0.4, 0.5) is 11.5 Å². The molecule has 0 saturated carbocycles. The molecular formula is C17H21N3. The van der Waals surface area contributed by atoms with Crippen molar-refractivity contribution in [2.24, 2.45) is 5.73 Å². The molecule has 0 radical (unpaired) electrons. The van der Waals surface area contributed by atoms with Gasteiger partial charge in [-0.05, 0) is 55.5 Å². The van der Waals surface area contributed by atoms with Gasteiger partial charge in [0, 0.05) is 30.5 Å². The minimum atomic E-state index is 0.534. The van der Waals surface area contributed by atoms with Crippen molar-refractivity contribution in [2.75, 3.05) is 11.9 Å². The maximum atomic E-state index is 5.92. The summed E-state index contributed by atoms with van der Waals surface area (Å²) in [7, 11) is 2.07. The summed E-state index contributed by atoms with van der Waals surface area (Å²) in [6.07, 6.45) is 3.45. The summed E-state index contributed by atoms with van der Waals surface area (Å²) < 4.78 is 0. The Balaban J connectivity index is 2.04. The van der Waals surface area contributed by atoms with Gasteiger partial charge in [0.25, 0.3) is 0 Å². The molecule has 1 aliphatic carbocycles. The van der Waals surface area contributed by atoms with E-state index < -0.39 is 0 Å². The summed E-state index contributed by atoms with van der Waals surface area (Å²) in [6, 6.07) is 10.7. The van der Waals surface area contributed by atoms with Crippen molar-refractivity contribution in [1.82, 2.24) is 4.98 Å². The van der Waals surface area contributed by atoms with Crippen LogP contribution in [-0.2, 0) is 19.4 Å². The normalized spacial score (nSPS) is 13.3. The fourth-order valence-corrected chi connectivity index (χ4v) is 2.91. The monoisotopic (exact) mass is 267 g/mol. The van der Waals surface area contributed by atoms with Gasteiger partial charge in [-0.2, -0.15) is 0 Å². The Morgan fingerprint density at radius 3 is 2.85 bits per heavy atom. The van der Waals surface area contributed by atoms with Gasteiger partial charge in [-0.15, -0.1) is 0 Å². The lowest BCUT2D eigenvalue weighted by Crippen LogP contribution is -2.16. The molecule has 2 N–H and O–H groups in total. The van der Waals surface area contributed by atoms with Crippen molar-refractivity contribution in [1.29, 1.82) is 0 Å². The zero-order valence-corrected chi connectivity index (χ0v) is 12.2.